The smallest absolute Gasteiger partial charge is 0.227 e. The number of hydrogen-bond donors (Lipinski definition) is 1. The standard InChI is InChI=1S/C13H16ClNO2/c1-9(14)8-15-13(16)11-6-7-17-12-5-3-2-4-10(11)12/h2-5,9,11H,6-8H2,1H3,(H,15,16). The Kier molecular flexibility index (Phi) is 3.89. The van der Waals surface area contributed by atoms with Crippen LogP contribution in [0.25, 0.3) is 0 Å². The molecule has 0 saturated carbocycles. The number of benzene rings is 1. The van der Waals surface area contributed by atoms with Crippen molar-refractivity contribution in [2.24, 2.45) is 0 Å². The van der Waals surface area contributed by atoms with Gasteiger partial charge in [0.1, 0.15) is 5.75 Å². The molecule has 0 aliphatic carbocycles. The van der Waals surface area contributed by atoms with Crippen molar-refractivity contribution in [1.82, 2.24) is 5.32 Å². The highest BCUT2D eigenvalue weighted by molar-refractivity contribution is 6.20. The highest BCUT2D eigenvalue weighted by Gasteiger charge is 2.27. The molecule has 2 unspecified atom stereocenters. The van der Waals surface area contributed by atoms with Gasteiger partial charge in [0.25, 0.3) is 0 Å². The van der Waals surface area contributed by atoms with Gasteiger partial charge in [-0.25, -0.2) is 0 Å². The average Bonchev–Trinajstić information content (AvgIpc) is 2.35. The van der Waals surface area contributed by atoms with Crippen molar-refractivity contribution in [3.05, 3.63) is 29.8 Å². The maximum atomic E-state index is 12.0. The fourth-order valence-corrected chi connectivity index (χ4v) is 2.06. The highest BCUT2D eigenvalue weighted by atomic mass is 35.5. The third-order valence-corrected chi connectivity index (χ3v) is 2.99. The molecular formula is C13H16ClNO2. The summed E-state index contributed by atoms with van der Waals surface area (Å²) < 4.78 is 5.52. The second-order valence-electron chi connectivity index (χ2n) is 4.25. The van der Waals surface area contributed by atoms with Gasteiger partial charge < -0.3 is 10.1 Å². The summed E-state index contributed by atoms with van der Waals surface area (Å²) in [7, 11) is 0. The summed E-state index contributed by atoms with van der Waals surface area (Å²) in [6, 6.07) is 7.69. The molecule has 17 heavy (non-hydrogen) atoms. The molecular weight excluding hydrogens is 238 g/mol. The van der Waals surface area contributed by atoms with Gasteiger partial charge >= 0.3 is 0 Å². The van der Waals surface area contributed by atoms with E-state index in [4.69, 9.17) is 16.3 Å². The molecule has 0 spiro atoms. The molecule has 1 N–H and O–H groups in total. The number of amides is 1. The zero-order chi connectivity index (χ0) is 12.3. The van der Waals surface area contributed by atoms with Crippen LogP contribution in [0.2, 0.25) is 0 Å². The number of nitrogens with one attached hydrogen (secondary N) is 1. The van der Waals surface area contributed by atoms with E-state index in [1.807, 2.05) is 31.2 Å². The molecule has 1 heterocycles. The minimum atomic E-state index is -0.115. The van der Waals surface area contributed by atoms with Crippen molar-refractivity contribution in [2.75, 3.05) is 13.2 Å². The second-order valence-corrected chi connectivity index (χ2v) is 5.00. The Morgan fingerprint density at radius 3 is 3.12 bits per heavy atom. The minimum absolute atomic E-state index is 0.0354. The van der Waals surface area contributed by atoms with Gasteiger partial charge in [0.05, 0.1) is 12.5 Å². The van der Waals surface area contributed by atoms with Crippen LogP contribution in [-0.4, -0.2) is 24.4 Å². The SMILES string of the molecule is CC(Cl)CNC(=O)C1CCOc2ccccc21. The van der Waals surface area contributed by atoms with Crippen molar-refractivity contribution in [1.29, 1.82) is 0 Å². The maximum Gasteiger partial charge on any atom is 0.227 e. The molecule has 0 radical (unpaired) electrons. The Balaban J connectivity index is 2.10. The van der Waals surface area contributed by atoms with Crippen molar-refractivity contribution in [3.63, 3.8) is 0 Å². The number of fused-ring (bicyclic) bond motifs is 1. The first kappa shape index (κ1) is 12.2. The Morgan fingerprint density at radius 1 is 1.59 bits per heavy atom. The third kappa shape index (κ3) is 2.91. The van der Waals surface area contributed by atoms with Gasteiger partial charge in [0.2, 0.25) is 5.91 Å². The zero-order valence-electron chi connectivity index (χ0n) is 9.78. The molecule has 0 bridgehead atoms. The van der Waals surface area contributed by atoms with Crippen LogP contribution in [0.3, 0.4) is 0 Å². The number of alkyl halides is 1. The maximum absolute atomic E-state index is 12.0. The number of carbonyl (C=O) groups is 1. The first-order chi connectivity index (χ1) is 8.18. The first-order valence-electron chi connectivity index (χ1n) is 5.82. The van der Waals surface area contributed by atoms with Gasteiger partial charge in [0, 0.05) is 17.5 Å². The average molecular weight is 254 g/mol. The normalized spacial score (nSPS) is 20.0. The van der Waals surface area contributed by atoms with Gasteiger partial charge in [0.15, 0.2) is 0 Å². The van der Waals surface area contributed by atoms with E-state index in [2.05, 4.69) is 5.32 Å². The van der Waals surface area contributed by atoms with Crippen LogP contribution in [0, 0.1) is 0 Å². The molecule has 0 saturated heterocycles. The van der Waals surface area contributed by atoms with Crippen LogP contribution in [0.15, 0.2) is 24.3 Å². The Labute approximate surface area is 106 Å². The van der Waals surface area contributed by atoms with Gasteiger partial charge in [-0.15, -0.1) is 11.6 Å². The molecule has 0 aromatic heterocycles. The van der Waals surface area contributed by atoms with Gasteiger partial charge in [-0.2, -0.15) is 0 Å². The van der Waals surface area contributed by atoms with Crippen molar-refractivity contribution >= 4 is 17.5 Å². The monoisotopic (exact) mass is 253 g/mol. The van der Waals surface area contributed by atoms with Crippen LogP contribution in [0.4, 0.5) is 0 Å². The molecule has 92 valence electrons. The van der Waals surface area contributed by atoms with Crippen molar-refractivity contribution in [2.45, 2.75) is 24.6 Å². The second kappa shape index (κ2) is 5.41. The van der Waals surface area contributed by atoms with Gasteiger partial charge in [-0.05, 0) is 19.4 Å². The molecule has 2 rings (SSSR count). The topological polar surface area (TPSA) is 38.3 Å². The highest BCUT2D eigenvalue weighted by Crippen LogP contribution is 2.33. The minimum Gasteiger partial charge on any atom is -0.493 e. The van der Waals surface area contributed by atoms with E-state index in [9.17, 15) is 4.79 Å². The van der Waals surface area contributed by atoms with Crippen LogP contribution in [0.5, 0.6) is 5.75 Å². The van der Waals surface area contributed by atoms with E-state index in [1.54, 1.807) is 0 Å². The molecule has 3 nitrogen and oxygen atoms in total. The lowest BCUT2D eigenvalue weighted by Gasteiger charge is -2.25. The summed E-state index contributed by atoms with van der Waals surface area (Å²) in [5.74, 6) is 0.737. The molecule has 2 atom stereocenters. The van der Waals surface area contributed by atoms with E-state index < -0.39 is 0 Å². The number of ether oxygens (including phenoxy) is 1. The van der Waals surface area contributed by atoms with E-state index >= 15 is 0 Å². The number of hydrogen-bond acceptors (Lipinski definition) is 2. The predicted molar refractivity (Wildman–Crippen MR) is 67.6 cm³/mol. The number of rotatable bonds is 3. The van der Waals surface area contributed by atoms with Gasteiger partial charge in [-0.1, -0.05) is 18.2 Å². The van der Waals surface area contributed by atoms with E-state index in [-0.39, 0.29) is 17.2 Å². The molecule has 1 aliphatic rings. The van der Waals surface area contributed by atoms with Gasteiger partial charge in [-0.3, -0.25) is 4.79 Å². The largest absolute Gasteiger partial charge is 0.493 e. The third-order valence-electron chi connectivity index (χ3n) is 2.83. The van der Waals surface area contributed by atoms with Crippen LogP contribution < -0.4 is 10.1 Å². The quantitative estimate of drug-likeness (QED) is 0.840. The Hall–Kier alpha value is -1.22. The lowest BCUT2D eigenvalue weighted by Crippen LogP contribution is -2.35. The summed E-state index contributed by atoms with van der Waals surface area (Å²) >= 11 is 5.82. The Bertz CT molecular complexity index is 406. The molecule has 1 aliphatic heterocycles. The van der Waals surface area contributed by atoms with E-state index in [0.29, 0.717) is 13.2 Å². The summed E-state index contributed by atoms with van der Waals surface area (Å²) in [4.78, 5) is 12.0. The number of carbonyl (C=O) groups excluding carboxylic acids is 1. The fourth-order valence-electron chi connectivity index (χ4n) is 1.98. The summed E-state index contributed by atoms with van der Waals surface area (Å²) in [6.07, 6.45) is 0.722. The van der Waals surface area contributed by atoms with E-state index in [0.717, 1.165) is 17.7 Å². The van der Waals surface area contributed by atoms with Crippen molar-refractivity contribution < 1.29 is 9.53 Å². The molecule has 0 fully saturated rings. The van der Waals surface area contributed by atoms with Crippen LogP contribution in [-0.2, 0) is 4.79 Å². The lowest BCUT2D eigenvalue weighted by atomic mass is 9.92. The summed E-state index contributed by atoms with van der Waals surface area (Å²) in [5, 5.41) is 2.82. The molecule has 1 aromatic carbocycles. The number of halogens is 1. The predicted octanol–water partition coefficient (Wildman–Crippen LogP) is 2.30. The lowest BCUT2D eigenvalue weighted by molar-refractivity contribution is -0.123. The summed E-state index contributed by atoms with van der Waals surface area (Å²) in [6.45, 7) is 2.95. The van der Waals surface area contributed by atoms with Crippen LogP contribution >= 0.6 is 11.6 Å². The molecule has 4 heteroatoms. The zero-order valence-corrected chi connectivity index (χ0v) is 10.5. The Morgan fingerprint density at radius 2 is 2.35 bits per heavy atom. The molecule has 1 aromatic rings. The van der Waals surface area contributed by atoms with Crippen molar-refractivity contribution in [3.8, 4) is 5.75 Å². The first-order valence-corrected chi connectivity index (χ1v) is 6.25. The van der Waals surface area contributed by atoms with E-state index in [1.165, 1.54) is 0 Å². The molecule has 1 amide bonds. The fraction of sp³-hybridized carbons (Fsp3) is 0.462. The number of para-hydroxylation sites is 1. The summed E-state index contributed by atoms with van der Waals surface area (Å²) in [5.41, 5.74) is 0.971. The van der Waals surface area contributed by atoms with Crippen LogP contribution in [0.1, 0.15) is 24.8 Å².